The second kappa shape index (κ2) is 13.0. The molecule has 6 rings (SSSR count). The zero-order valence-corrected chi connectivity index (χ0v) is 27.4. The second-order valence-electron chi connectivity index (χ2n) is 10.7. The summed E-state index contributed by atoms with van der Waals surface area (Å²) < 4.78 is 101. The lowest BCUT2D eigenvalue weighted by Crippen LogP contribution is -2.01. The fourth-order valence-electron chi connectivity index (χ4n) is 5.23. The van der Waals surface area contributed by atoms with Crippen LogP contribution in [0.1, 0.15) is 11.1 Å². The van der Waals surface area contributed by atoms with Crippen LogP contribution in [0.4, 0.5) is 22.7 Å². The Morgan fingerprint density at radius 1 is 0.469 bits per heavy atom. The van der Waals surface area contributed by atoms with Gasteiger partial charge in [-0.1, -0.05) is 54.6 Å². The molecule has 0 atom stereocenters. The van der Waals surface area contributed by atoms with Crippen LogP contribution in [0.5, 0.6) is 0 Å². The summed E-state index contributed by atoms with van der Waals surface area (Å²) in [7, 11) is -13.6. The van der Waals surface area contributed by atoms with Gasteiger partial charge in [0.25, 0.3) is 30.4 Å². The van der Waals surface area contributed by atoms with Crippen molar-refractivity contribution in [1.29, 1.82) is 0 Å². The van der Waals surface area contributed by atoms with Crippen molar-refractivity contribution >= 4 is 74.6 Å². The lowest BCUT2D eigenvalue weighted by molar-refractivity contribution is 0.481. The molecule has 0 fully saturated rings. The Labute approximate surface area is 280 Å². The van der Waals surface area contributed by atoms with Crippen LogP contribution in [0.15, 0.2) is 150 Å². The molecular formula is C33H24N4O9S3. The number of fused-ring (bicyclic) bond motifs is 2. The molecule has 0 amide bonds. The quantitative estimate of drug-likeness (QED) is 0.0971. The van der Waals surface area contributed by atoms with E-state index in [0.29, 0.717) is 22.8 Å². The molecule has 0 bridgehead atoms. The first-order valence-electron chi connectivity index (χ1n) is 14.2. The maximum atomic E-state index is 12.4. The average molecular weight is 717 g/mol. The van der Waals surface area contributed by atoms with E-state index in [1.807, 2.05) is 30.3 Å². The van der Waals surface area contributed by atoms with Crippen molar-refractivity contribution in [2.45, 2.75) is 21.1 Å². The minimum absolute atomic E-state index is 0.171. The van der Waals surface area contributed by atoms with Crippen molar-refractivity contribution in [3.63, 3.8) is 0 Å². The largest absolute Gasteiger partial charge is 0.295 e. The molecule has 0 aliphatic heterocycles. The molecule has 248 valence electrons. The van der Waals surface area contributed by atoms with E-state index < -0.39 is 35.2 Å². The molecule has 0 aromatic heterocycles. The monoisotopic (exact) mass is 716 g/mol. The molecule has 0 radical (unpaired) electrons. The summed E-state index contributed by atoms with van der Waals surface area (Å²) in [5, 5.41) is 18.3. The van der Waals surface area contributed by atoms with E-state index in [4.69, 9.17) is 0 Å². The Kier molecular flexibility index (Phi) is 8.93. The van der Waals surface area contributed by atoms with Gasteiger partial charge in [-0.2, -0.15) is 30.4 Å². The van der Waals surface area contributed by atoms with Crippen molar-refractivity contribution < 1.29 is 38.9 Å². The molecule has 0 saturated heterocycles. The first-order chi connectivity index (χ1) is 23.2. The van der Waals surface area contributed by atoms with E-state index in [2.05, 4.69) is 20.5 Å². The van der Waals surface area contributed by atoms with Crippen LogP contribution in [0, 0.1) is 0 Å². The summed E-state index contributed by atoms with van der Waals surface area (Å²) in [6, 6.07) is 28.9. The van der Waals surface area contributed by atoms with Crippen molar-refractivity contribution in [3.8, 4) is 0 Å². The second-order valence-corrected chi connectivity index (χ2v) is 14.9. The molecule has 49 heavy (non-hydrogen) atoms. The maximum absolute atomic E-state index is 12.4. The Bertz CT molecular complexity index is 2650. The van der Waals surface area contributed by atoms with Crippen LogP contribution in [0.2, 0.25) is 0 Å². The van der Waals surface area contributed by atoms with Crippen LogP contribution in [0.3, 0.4) is 0 Å². The Morgan fingerprint density at radius 3 is 1.67 bits per heavy atom. The van der Waals surface area contributed by atoms with E-state index in [9.17, 15) is 38.9 Å². The van der Waals surface area contributed by atoms with Crippen LogP contribution < -0.4 is 0 Å². The summed E-state index contributed by atoms with van der Waals surface area (Å²) in [6.45, 7) is 0. The minimum atomic E-state index is -4.62. The van der Waals surface area contributed by atoms with Gasteiger partial charge in [0.15, 0.2) is 0 Å². The van der Waals surface area contributed by atoms with Gasteiger partial charge in [0.2, 0.25) is 0 Å². The molecule has 0 spiro atoms. The SMILES string of the molecule is O=S(=O)(O)c1ccc(N=Nc2ccc(N=Nc3ccc(Cc4ccccc4)c4c(S(=O)(=O)O)cccc34)c3cc(S(=O)(=O)O)ccc23)cc1. The number of benzene rings is 6. The van der Waals surface area contributed by atoms with E-state index in [0.717, 1.165) is 17.7 Å². The average Bonchev–Trinajstić information content (AvgIpc) is 3.06. The molecule has 6 aromatic carbocycles. The van der Waals surface area contributed by atoms with Crippen LogP contribution in [0.25, 0.3) is 21.5 Å². The van der Waals surface area contributed by atoms with Crippen molar-refractivity contribution in [2.24, 2.45) is 20.5 Å². The number of nitrogens with zero attached hydrogens (tertiary/aromatic N) is 4. The fourth-order valence-corrected chi connectivity index (χ4v) is 6.97. The van der Waals surface area contributed by atoms with E-state index in [-0.39, 0.29) is 43.3 Å². The van der Waals surface area contributed by atoms with E-state index in [1.165, 1.54) is 54.6 Å². The number of hydrogen-bond acceptors (Lipinski definition) is 10. The zero-order valence-electron chi connectivity index (χ0n) is 25.0. The number of azo groups is 2. The van der Waals surface area contributed by atoms with Crippen LogP contribution in [-0.2, 0) is 36.8 Å². The number of hydrogen-bond donors (Lipinski definition) is 3. The molecule has 0 aliphatic rings. The summed E-state index contributed by atoms with van der Waals surface area (Å²) >= 11 is 0. The summed E-state index contributed by atoms with van der Waals surface area (Å²) in [5.74, 6) is 0. The van der Waals surface area contributed by atoms with Gasteiger partial charge in [-0.25, -0.2) is 0 Å². The van der Waals surface area contributed by atoms with Crippen LogP contribution >= 0.6 is 0 Å². The zero-order chi connectivity index (χ0) is 35.0. The Hall–Kier alpha value is -5.23. The molecule has 3 N–H and O–H groups in total. The van der Waals surface area contributed by atoms with Crippen molar-refractivity contribution in [3.05, 3.63) is 126 Å². The molecule has 0 aliphatic carbocycles. The highest BCUT2D eigenvalue weighted by molar-refractivity contribution is 7.86. The molecular weight excluding hydrogens is 693 g/mol. The van der Waals surface area contributed by atoms with Gasteiger partial charge in [-0.05, 0) is 78.2 Å². The van der Waals surface area contributed by atoms with Gasteiger partial charge in [-0.15, -0.1) is 15.3 Å². The normalized spacial score (nSPS) is 12.8. The lowest BCUT2D eigenvalue weighted by atomic mass is 9.97. The maximum Gasteiger partial charge on any atom is 0.295 e. The predicted octanol–water partition coefficient (Wildman–Crippen LogP) is 8.15. The molecule has 16 heteroatoms. The minimum Gasteiger partial charge on any atom is -0.282 e. The molecule has 0 unspecified atom stereocenters. The van der Waals surface area contributed by atoms with E-state index >= 15 is 0 Å². The van der Waals surface area contributed by atoms with Gasteiger partial charge in [0, 0.05) is 21.5 Å². The van der Waals surface area contributed by atoms with Crippen molar-refractivity contribution in [2.75, 3.05) is 0 Å². The van der Waals surface area contributed by atoms with Gasteiger partial charge in [0.1, 0.15) is 4.90 Å². The first-order valence-corrected chi connectivity index (χ1v) is 18.5. The van der Waals surface area contributed by atoms with Gasteiger partial charge < -0.3 is 0 Å². The first kappa shape index (κ1) is 33.7. The van der Waals surface area contributed by atoms with Gasteiger partial charge in [0.05, 0.1) is 32.5 Å². The van der Waals surface area contributed by atoms with Gasteiger partial charge >= 0.3 is 0 Å². The lowest BCUT2D eigenvalue weighted by Gasteiger charge is -2.12. The third-order valence-electron chi connectivity index (χ3n) is 7.49. The van der Waals surface area contributed by atoms with Crippen LogP contribution in [-0.4, -0.2) is 38.9 Å². The molecule has 0 heterocycles. The third-order valence-corrected chi connectivity index (χ3v) is 10.1. The highest BCUT2D eigenvalue weighted by atomic mass is 32.2. The molecule has 0 saturated carbocycles. The standard InChI is InChI=1S/C33H24N4O9S3/c38-47(39,40)24-12-10-23(11-13-24)34-35-29-17-18-31(28-20-25(48(41,42)43)14-15-26(28)29)37-36-30-16-9-22(19-21-5-2-1-3-6-21)33-27(30)7-4-8-32(33)49(44,45)46/h1-18,20H,19H2,(H,38,39,40)(H,41,42,43)(H,44,45,46). The fraction of sp³-hybridized carbons (Fsp3) is 0.0303. The van der Waals surface area contributed by atoms with E-state index in [1.54, 1.807) is 18.2 Å². The Morgan fingerprint density at radius 2 is 1.04 bits per heavy atom. The smallest absolute Gasteiger partial charge is 0.282 e. The molecule has 13 nitrogen and oxygen atoms in total. The topological polar surface area (TPSA) is 213 Å². The summed E-state index contributed by atoms with van der Waals surface area (Å²) in [6.07, 6.45) is 0.366. The highest BCUT2D eigenvalue weighted by Gasteiger charge is 2.19. The Balaban J connectivity index is 1.46. The molecule has 6 aromatic rings. The summed E-state index contributed by atoms with van der Waals surface area (Å²) in [4.78, 5) is -1.03. The van der Waals surface area contributed by atoms with Crippen molar-refractivity contribution in [1.82, 2.24) is 0 Å². The van der Waals surface area contributed by atoms with Gasteiger partial charge in [-0.3, -0.25) is 13.7 Å². The number of rotatable bonds is 9. The summed E-state index contributed by atoms with van der Waals surface area (Å²) in [5.41, 5.74) is 2.49. The highest BCUT2D eigenvalue weighted by Crippen LogP contribution is 2.39. The predicted molar refractivity (Wildman–Crippen MR) is 181 cm³/mol. The third kappa shape index (κ3) is 7.44.